The van der Waals surface area contributed by atoms with Crippen LogP contribution in [0, 0.1) is 0 Å². The first-order valence-corrected chi connectivity index (χ1v) is 7.47. The Balaban J connectivity index is 2.09. The fourth-order valence-corrected chi connectivity index (χ4v) is 2.52. The van der Waals surface area contributed by atoms with Crippen LogP contribution >= 0.6 is 0 Å². The summed E-state index contributed by atoms with van der Waals surface area (Å²) in [6.45, 7) is 5.62. The molecule has 0 aliphatic carbocycles. The molecule has 2 rings (SSSR count). The molecular formula is C16H23NO4. The minimum Gasteiger partial charge on any atom is -0.494 e. The fraction of sp³-hybridized carbons (Fsp3) is 0.562. The third-order valence-corrected chi connectivity index (χ3v) is 3.59. The van der Waals surface area contributed by atoms with E-state index in [-0.39, 0.29) is 12.5 Å². The van der Waals surface area contributed by atoms with Gasteiger partial charge in [0, 0.05) is 19.1 Å². The lowest BCUT2D eigenvalue weighted by atomic mass is 10.0. The van der Waals surface area contributed by atoms with Crippen molar-refractivity contribution in [2.24, 2.45) is 0 Å². The lowest BCUT2D eigenvalue weighted by Gasteiger charge is -2.34. The summed E-state index contributed by atoms with van der Waals surface area (Å²) in [6.07, 6.45) is 1.08. The van der Waals surface area contributed by atoms with Gasteiger partial charge in [0.15, 0.2) is 0 Å². The minimum absolute atomic E-state index is 0.105. The molecule has 0 amide bonds. The van der Waals surface area contributed by atoms with Crippen LogP contribution in [-0.4, -0.2) is 48.9 Å². The molecule has 1 aromatic carbocycles. The highest BCUT2D eigenvalue weighted by atomic mass is 16.5. The number of hydrogen-bond donors (Lipinski definition) is 1. The van der Waals surface area contributed by atoms with Crippen molar-refractivity contribution in [3.8, 4) is 5.75 Å². The summed E-state index contributed by atoms with van der Waals surface area (Å²) >= 11 is 0. The monoisotopic (exact) mass is 293 g/mol. The number of carboxylic acids is 1. The molecule has 0 aromatic heterocycles. The zero-order valence-electron chi connectivity index (χ0n) is 12.5. The third kappa shape index (κ3) is 4.72. The van der Waals surface area contributed by atoms with Crippen LogP contribution in [0.2, 0.25) is 0 Å². The third-order valence-electron chi connectivity index (χ3n) is 3.59. The summed E-state index contributed by atoms with van der Waals surface area (Å²) in [5.74, 6) is 0.0504. The fourth-order valence-electron chi connectivity index (χ4n) is 2.52. The van der Waals surface area contributed by atoms with Gasteiger partial charge in [0.05, 0.1) is 26.2 Å². The highest BCUT2D eigenvalue weighted by Gasteiger charge is 2.24. The van der Waals surface area contributed by atoms with E-state index in [0.717, 1.165) is 30.8 Å². The van der Waals surface area contributed by atoms with Gasteiger partial charge in [-0.25, -0.2) is 0 Å². The van der Waals surface area contributed by atoms with Gasteiger partial charge in [-0.2, -0.15) is 0 Å². The van der Waals surface area contributed by atoms with Gasteiger partial charge in [-0.3, -0.25) is 9.69 Å². The minimum atomic E-state index is -0.780. The number of aliphatic carboxylic acids is 1. The summed E-state index contributed by atoms with van der Waals surface area (Å²) < 4.78 is 10.9. The van der Waals surface area contributed by atoms with Gasteiger partial charge in [-0.05, 0) is 24.1 Å². The molecule has 1 unspecified atom stereocenters. The Labute approximate surface area is 125 Å². The Morgan fingerprint density at radius 1 is 1.33 bits per heavy atom. The Kier molecular flexibility index (Phi) is 6.02. The lowest BCUT2D eigenvalue weighted by molar-refractivity contribution is -0.139. The van der Waals surface area contributed by atoms with Crippen LogP contribution in [0.3, 0.4) is 0 Å². The van der Waals surface area contributed by atoms with Crippen molar-refractivity contribution in [3.05, 3.63) is 29.8 Å². The van der Waals surface area contributed by atoms with Gasteiger partial charge >= 0.3 is 5.97 Å². The van der Waals surface area contributed by atoms with Crippen molar-refractivity contribution in [2.75, 3.05) is 32.9 Å². The second-order valence-corrected chi connectivity index (χ2v) is 5.18. The SMILES string of the molecule is CCCOc1ccc(C(CC(=O)O)N2CCOCC2)cc1. The van der Waals surface area contributed by atoms with E-state index in [2.05, 4.69) is 11.8 Å². The summed E-state index contributed by atoms with van der Waals surface area (Å²) in [6, 6.07) is 7.66. The molecule has 0 bridgehead atoms. The van der Waals surface area contributed by atoms with Crippen LogP contribution < -0.4 is 4.74 Å². The molecule has 0 radical (unpaired) electrons. The largest absolute Gasteiger partial charge is 0.494 e. The summed E-state index contributed by atoms with van der Waals surface area (Å²) in [7, 11) is 0. The first kappa shape index (κ1) is 15.8. The van der Waals surface area contributed by atoms with Gasteiger partial charge in [-0.15, -0.1) is 0 Å². The second-order valence-electron chi connectivity index (χ2n) is 5.18. The van der Waals surface area contributed by atoms with E-state index in [1.54, 1.807) is 0 Å². The van der Waals surface area contributed by atoms with Crippen molar-refractivity contribution in [1.29, 1.82) is 0 Å². The van der Waals surface area contributed by atoms with Gasteiger partial charge in [0.25, 0.3) is 0 Å². The van der Waals surface area contributed by atoms with Crippen molar-refractivity contribution in [1.82, 2.24) is 4.90 Å². The highest BCUT2D eigenvalue weighted by Crippen LogP contribution is 2.27. The molecule has 5 nitrogen and oxygen atoms in total. The van der Waals surface area contributed by atoms with Crippen LogP contribution in [0.1, 0.15) is 31.4 Å². The number of benzene rings is 1. The summed E-state index contributed by atoms with van der Waals surface area (Å²) in [5.41, 5.74) is 1.02. The van der Waals surface area contributed by atoms with Crippen molar-refractivity contribution in [2.45, 2.75) is 25.8 Å². The Morgan fingerprint density at radius 2 is 2.00 bits per heavy atom. The van der Waals surface area contributed by atoms with Gasteiger partial charge in [-0.1, -0.05) is 19.1 Å². The maximum atomic E-state index is 11.2. The predicted molar refractivity (Wildman–Crippen MR) is 79.6 cm³/mol. The average Bonchev–Trinajstić information content (AvgIpc) is 2.52. The van der Waals surface area contributed by atoms with E-state index < -0.39 is 5.97 Å². The van der Waals surface area contributed by atoms with E-state index in [1.807, 2.05) is 24.3 Å². The van der Waals surface area contributed by atoms with Crippen LogP contribution in [0.5, 0.6) is 5.75 Å². The molecule has 1 aromatic rings. The summed E-state index contributed by atoms with van der Waals surface area (Å²) in [5, 5.41) is 9.16. The normalized spacial score (nSPS) is 17.4. The molecule has 1 atom stereocenters. The number of carboxylic acid groups (broad SMARTS) is 1. The molecule has 0 spiro atoms. The molecular weight excluding hydrogens is 270 g/mol. The van der Waals surface area contributed by atoms with Crippen molar-refractivity contribution in [3.63, 3.8) is 0 Å². The topological polar surface area (TPSA) is 59.0 Å². The van der Waals surface area contributed by atoms with E-state index in [4.69, 9.17) is 14.6 Å². The van der Waals surface area contributed by atoms with Gasteiger partial charge in [0.2, 0.25) is 0 Å². The number of nitrogens with zero attached hydrogens (tertiary/aromatic N) is 1. The van der Waals surface area contributed by atoms with Crippen LogP contribution in [0.15, 0.2) is 24.3 Å². The van der Waals surface area contributed by atoms with E-state index in [1.165, 1.54) is 0 Å². The first-order chi connectivity index (χ1) is 10.2. The molecule has 1 saturated heterocycles. The zero-order valence-corrected chi connectivity index (χ0v) is 12.5. The number of rotatable bonds is 7. The smallest absolute Gasteiger partial charge is 0.305 e. The molecule has 5 heteroatoms. The number of carbonyl (C=O) groups is 1. The summed E-state index contributed by atoms with van der Waals surface area (Å²) in [4.78, 5) is 13.3. The predicted octanol–water partition coefficient (Wildman–Crippen LogP) is 2.32. The quantitative estimate of drug-likeness (QED) is 0.836. The maximum absolute atomic E-state index is 11.2. The van der Waals surface area contributed by atoms with Crippen molar-refractivity contribution < 1.29 is 19.4 Å². The Morgan fingerprint density at radius 3 is 2.57 bits per heavy atom. The van der Waals surface area contributed by atoms with Crippen molar-refractivity contribution >= 4 is 5.97 Å². The standard InChI is InChI=1S/C16H23NO4/c1-2-9-21-14-5-3-13(4-6-14)15(12-16(18)19)17-7-10-20-11-8-17/h3-6,15H,2,7-12H2,1H3,(H,18,19). The Bertz CT molecular complexity index is 440. The highest BCUT2D eigenvalue weighted by molar-refractivity contribution is 5.68. The lowest BCUT2D eigenvalue weighted by Crippen LogP contribution is -2.39. The molecule has 1 N–H and O–H groups in total. The number of ether oxygens (including phenoxy) is 2. The zero-order chi connectivity index (χ0) is 15.1. The molecule has 0 saturated carbocycles. The maximum Gasteiger partial charge on any atom is 0.305 e. The van der Waals surface area contributed by atoms with Gasteiger partial charge < -0.3 is 14.6 Å². The first-order valence-electron chi connectivity index (χ1n) is 7.47. The molecule has 1 aliphatic rings. The average molecular weight is 293 g/mol. The molecule has 1 fully saturated rings. The van der Waals surface area contributed by atoms with E-state index in [0.29, 0.717) is 19.8 Å². The molecule has 1 aliphatic heterocycles. The van der Waals surface area contributed by atoms with Gasteiger partial charge in [0.1, 0.15) is 5.75 Å². The Hall–Kier alpha value is -1.59. The number of morpholine rings is 1. The van der Waals surface area contributed by atoms with Crippen LogP contribution in [0.25, 0.3) is 0 Å². The van der Waals surface area contributed by atoms with Crippen LogP contribution in [0.4, 0.5) is 0 Å². The number of hydrogen-bond acceptors (Lipinski definition) is 4. The van der Waals surface area contributed by atoms with E-state index in [9.17, 15) is 4.79 Å². The molecule has 21 heavy (non-hydrogen) atoms. The van der Waals surface area contributed by atoms with E-state index >= 15 is 0 Å². The molecule has 116 valence electrons. The molecule has 1 heterocycles. The second kappa shape index (κ2) is 8.00. The van der Waals surface area contributed by atoms with Crippen LogP contribution in [-0.2, 0) is 9.53 Å².